The Hall–Kier alpha value is -4.51. The summed E-state index contributed by atoms with van der Waals surface area (Å²) in [5.74, 6) is -0.601. The predicted octanol–water partition coefficient (Wildman–Crippen LogP) is 2.13. The lowest BCUT2D eigenvalue weighted by molar-refractivity contribution is 0.0303. The van der Waals surface area contributed by atoms with E-state index in [1.807, 2.05) is 29.2 Å². The summed E-state index contributed by atoms with van der Waals surface area (Å²) >= 11 is 0. The van der Waals surface area contributed by atoms with E-state index in [1.165, 1.54) is 25.4 Å². The molecule has 0 radical (unpaired) electrons. The molecule has 196 valence electrons. The minimum atomic E-state index is -0.865. The molecular weight excluding hydrogens is 491 g/mol. The van der Waals surface area contributed by atoms with Gasteiger partial charge in [0.15, 0.2) is 17.4 Å². The van der Waals surface area contributed by atoms with Crippen molar-refractivity contribution in [3.63, 3.8) is 0 Å². The van der Waals surface area contributed by atoms with E-state index >= 15 is 0 Å². The highest BCUT2D eigenvalue weighted by Gasteiger charge is 2.39. The number of nitrogens with zero attached hydrogens (tertiary/aromatic N) is 5. The van der Waals surface area contributed by atoms with E-state index in [1.54, 1.807) is 40.7 Å². The molecule has 0 saturated carbocycles. The fraction of sp³-hybridized carbons (Fsp3) is 0.259. The molecule has 1 saturated heterocycles. The van der Waals surface area contributed by atoms with Crippen molar-refractivity contribution in [3.8, 4) is 11.4 Å². The maximum atomic E-state index is 14.5. The fourth-order valence-electron chi connectivity index (χ4n) is 4.41. The van der Waals surface area contributed by atoms with Crippen LogP contribution in [0.5, 0.6) is 5.75 Å². The van der Waals surface area contributed by atoms with Crippen LogP contribution in [0.2, 0.25) is 0 Å². The minimum Gasteiger partial charge on any atom is -0.494 e. The summed E-state index contributed by atoms with van der Waals surface area (Å²) in [7, 11) is 1.36. The summed E-state index contributed by atoms with van der Waals surface area (Å²) in [4.78, 5) is 31.1. The molecule has 2 N–H and O–H groups in total. The van der Waals surface area contributed by atoms with Crippen LogP contribution in [0.4, 0.5) is 10.2 Å². The minimum absolute atomic E-state index is 0.0451. The Balaban J connectivity index is 1.35. The number of aliphatic hydroxyl groups is 1. The molecule has 4 heterocycles. The van der Waals surface area contributed by atoms with Crippen molar-refractivity contribution in [1.82, 2.24) is 24.6 Å². The number of nitrogens with one attached hydrogen (secondary N) is 1. The molecule has 1 aliphatic heterocycles. The third-order valence-electron chi connectivity index (χ3n) is 6.29. The molecule has 10 nitrogen and oxygen atoms in total. The molecule has 1 amide bonds. The Bertz CT molecular complexity index is 1520. The first-order chi connectivity index (χ1) is 18.2. The monoisotopic (exact) mass is 518 g/mol. The molecule has 4 aromatic rings. The zero-order valence-electron chi connectivity index (χ0n) is 21.0. The molecule has 11 heteroatoms. The topological polar surface area (TPSA) is 115 Å². The zero-order valence-corrected chi connectivity index (χ0v) is 21.0. The first kappa shape index (κ1) is 25.2. The van der Waals surface area contributed by atoms with Crippen LogP contribution in [0.1, 0.15) is 28.5 Å². The Morgan fingerprint density at radius 2 is 1.95 bits per heavy atom. The summed E-state index contributed by atoms with van der Waals surface area (Å²) in [6.45, 7) is 2.62. The number of pyridine rings is 2. The summed E-state index contributed by atoms with van der Waals surface area (Å²) in [6, 6.07) is 13.9. The van der Waals surface area contributed by atoms with Crippen LogP contribution in [0.15, 0.2) is 71.9 Å². The lowest BCUT2D eigenvalue weighted by atomic mass is 9.96. The molecule has 0 spiro atoms. The van der Waals surface area contributed by atoms with Gasteiger partial charge in [0.2, 0.25) is 0 Å². The van der Waals surface area contributed by atoms with Crippen molar-refractivity contribution in [1.29, 1.82) is 0 Å². The highest BCUT2D eigenvalue weighted by atomic mass is 19.1. The van der Waals surface area contributed by atoms with Crippen LogP contribution in [-0.4, -0.2) is 56.1 Å². The molecule has 1 aliphatic rings. The van der Waals surface area contributed by atoms with Gasteiger partial charge < -0.3 is 20.1 Å². The molecule has 1 aromatic carbocycles. The second-order valence-electron chi connectivity index (χ2n) is 9.45. The van der Waals surface area contributed by atoms with Gasteiger partial charge in [-0.2, -0.15) is 5.10 Å². The zero-order chi connectivity index (χ0) is 26.9. The maximum absolute atomic E-state index is 14.5. The normalized spacial score (nSPS) is 14.2. The van der Waals surface area contributed by atoms with Crippen molar-refractivity contribution in [3.05, 3.63) is 100 Å². The Labute approximate surface area is 217 Å². The van der Waals surface area contributed by atoms with Crippen LogP contribution < -0.4 is 20.5 Å². The molecule has 5 rings (SSSR count). The van der Waals surface area contributed by atoms with E-state index in [9.17, 15) is 19.1 Å². The summed E-state index contributed by atoms with van der Waals surface area (Å²) in [5, 5.41) is 17.5. The molecule has 0 bridgehead atoms. The number of hydrogen-bond acceptors (Lipinski definition) is 7. The SMILES string of the molecule is COc1ccnc(CNC(=O)c2cn(Cc3ccc(-n4ccccc4=O)cc3)nc2N2CC(C)(O)C2)c1F. The second kappa shape index (κ2) is 10.1. The number of β-amino-alcohol motifs (C(OH)–C–C–N with tert-alkyl or cyclic N) is 1. The summed E-state index contributed by atoms with van der Waals surface area (Å²) < 4.78 is 22.7. The lowest BCUT2D eigenvalue weighted by Crippen LogP contribution is -2.60. The quantitative estimate of drug-likeness (QED) is 0.367. The molecule has 3 aromatic heterocycles. The van der Waals surface area contributed by atoms with E-state index in [0.29, 0.717) is 31.0 Å². The number of halogens is 1. The van der Waals surface area contributed by atoms with Crippen molar-refractivity contribution < 1.29 is 19.0 Å². The number of hydrogen-bond donors (Lipinski definition) is 2. The Kier molecular flexibility index (Phi) is 6.68. The Morgan fingerprint density at radius 1 is 1.18 bits per heavy atom. The first-order valence-electron chi connectivity index (χ1n) is 12.0. The van der Waals surface area contributed by atoms with E-state index < -0.39 is 17.3 Å². The van der Waals surface area contributed by atoms with Crippen molar-refractivity contribution >= 4 is 11.7 Å². The molecular formula is C27H27FN6O4. The summed E-state index contributed by atoms with van der Waals surface area (Å²) in [5.41, 5.74) is 1.02. The number of rotatable bonds is 8. The van der Waals surface area contributed by atoms with Gasteiger partial charge >= 0.3 is 0 Å². The van der Waals surface area contributed by atoms with Crippen molar-refractivity contribution in [2.75, 3.05) is 25.1 Å². The van der Waals surface area contributed by atoms with Gasteiger partial charge in [-0.1, -0.05) is 18.2 Å². The highest BCUT2D eigenvalue weighted by Crippen LogP contribution is 2.29. The van der Waals surface area contributed by atoms with Gasteiger partial charge in [-0.25, -0.2) is 4.39 Å². The molecule has 0 atom stereocenters. The van der Waals surface area contributed by atoms with Crippen LogP contribution in [0, 0.1) is 5.82 Å². The van der Waals surface area contributed by atoms with Gasteiger partial charge in [-0.05, 0) is 30.7 Å². The third-order valence-corrected chi connectivity index (χ3v) is 6.29. The number of anilines is 1. The van der Waals surface area contributed by atoms with Crippen LogP contribution >= 0.6 is 0 Å². The van der Waals surface area contributed by atoms with Crippen LogP contribution in [0.3, 0.4) is 0 Å². The van der Waals surface area contributed by atoms with Gasteiger partial charge in [0.1, 0.15) is 5.56 Å². The number of ether oxygens (including phenoxy) is 1. The number of benzene rings is 1. The third kappa shape index (κ3) is 5.14. The first-order valence-corrected chi connectivity index (χ1v) is 12.0. The lowest BCUT2D eigenvalue weighted by Gasteiger charge is -2.44. The molecule has 1 fully saturated rings. The summed E-state index contributed by atoms with van der Waals surface area (Å²) in [6.07, 6.45) is 4.74. The van der Waals surface area contributed by atoms with Gasteiger partial charge in [0, 0.05) is 49.5 Å². The van der Waals surface area contributed by atoms with E-state index in [2.05, 4.69) is 15.4 Å². The van der Waals surface area contributed by atoms with E-state index in [4.69, 9.17) is 4.74 Å². The van der Waals surface area contributed by atoms with Gasteiger partial charge in [-0.3, -0.25) is 23.8 Å². The fourth-order valence-corrected chi connectivity index (χ4v) is 4.41. The molecule has 0 aliphatic carbocycles. The molecule has 0 unspecified atom stereocenters. The molecule has 38 heavy (non-hydrogen) atoms. The number of carbonyl (C=O) groups is 1. The smallest absolute Gasteiger partial charge is 0.256 e. The second-order valence-corrected chi connectivity index (χ2v) is 9.45. The van der Waals surface area contributed by atoms with E-state index in [0.717, 1.165) is 11.3 Å². The van der Waals surface area contributed by atoms with Crippen LogP contribution in [-0.2, 0) is 13.1 Å². The van der Waals surface area contributed by atoms with Crippen LogP contribution in [0.25, 0.3) is 5.69 Å². The van der Waals surface area contributed by atoms with Gasteiger partial charge in [-0.15, -0.1) is 0 Å². The van der Waals surface area contributed by atoms with E-state index in [-0.39, 0.29) is 23.5 Å². The van der Waals surface area contributed by atoms with Gasteiger partial charge in [0.05, 0.1) is 31.5 Å². The average molecular weight is 519 g/mol. The van der Waals surface area contributed by atoms with Crippen molar-refractivity contribution in [2.24, 2.45) is 0 Å². The standard InChI is InChI=1S/C27H27FN6O4/c1-27(37)16-32(17-27)25-20(26(36)30-13-21-24(28)22(38-2)10-11-29-21)15-33(31-25)14-18-6-8-19(9-7-18)34-12-4-3-5-23(34)35/h3-12,15,37H,13-14,16-17H2,1-2H3,(H,30,36). The number of methoxy groups -OCH3 is 1. The highest BCUT2D eigenvalue weighted by molar-refractivity contribution is 5.99. The average Bonchev–Trinajstić information content (AvgIpc) is 3.31. The Morgan fingerprint density at radius 3 is 2.63 bits per heavy atom. The predicted molar refractivity (Wildman–Crippen MR) is 138 cm³/mol. The maximum Gasteiger partial charge on any atom is 0.256 e. The number of aromatic nitrogens is 4. The number of amides is 1. The van der Waals surface area contributed by atoms with Crippen molar-refractivity contribution in [2.45, 2.75) is 25.6 Å². The number of carbonyl (C=O) groups excluding carboxylic acids is 1. The van der Waals surface area contributed by atoms with Gasteiger partial charge in [0.25, 0.3) is 11.5 Å². The largest absolute Gasteiger partial charge is 0.494 e.